The number of nitrogens with zero attached hydrogens (tertiary/aromatic N) is 2. The van der Waals surface area contributed by atoms with Gasteiger partial charge in [0.1, 0.15) is 5.41 Å². The zero-order valence-electron chi connectivity index (χ0n) is 10.7. The number of hydrogen-bond donors (Lipinski definition) is 1. The van der Waals surface area contributed by atoms with Crippen LogP contribution in [-0.2, 0) is 4.79 Å². The van der Waals surface area contributed by atoms with Crippen LogP contribution in [0, 0.1) is 22.7 Å². The van der Waals surface area contributed by atoms with E-state index in [-0.39, 0.29) is 11.9 Å². The quantitative estimate of drug-likeness (QED) is 0.885. The molecule has 1 aliphatic carbocycles. The van der Waals surface area contributed by atoms with E-state index >= 15 is 0 Å². The van der Waals surface area contributed by atoms with Crippen molar-refractivity contribution in [3.05, 3.63) is 30.1 Å². The zero-order valence-corrected chi connectivity index (χ0v) is 10.7. The number of aromatic nitrogens is 1. The van der Waals surface area contributed by atoms with Gasteiger partial charge in [-0.15, -0.1) is 0 Å². The highest BCUT2D eigenvalue weighted by Crippen LogP contribution is 2.45. The fourth-order valence-corrected chi connectivity index (χ4v) is 2.50. The Hall–Kier alpha value is -1.89. The summed E-state index contributed by atoms with van der Waals surface area (Å²) in [5, 5.41) is 12.1. The van der Waals surface area contributed by atoms with E-state index in [0.717, 1.165) is 5.69 Å². The summed E-state index contributed by atoms with van der Waals surface area (Å²) in [5.74, 6) is 0.293. The lowest BCUT2D eigenvalue weighted by Crippen LogP contribution is -2.48. The van der Waals surface area contributed by atoms with Gasteiger partial charge in [-0.2, -0.15) is 5.26 Å². The Morgan fingerprint density at radius 3 is 2.83 bits per heavy atom. The summed E-state index contributed by atoms with van der Waals surface area (Å²) in [6.07, 6.45) is 3.01. The number of hydrogen-bond acceptors (Lipinski definition) is 3. The summed E-state index contributed by atoms with van der Waals surface area (Å²) in [4.78, 5) is 16.3. The van der Waals surface area contributed by atoms with Crippen LogP contribution in [0.25, 0.3) is 0 Å². The Morgan fingerprint density at radius 2 is 2.33 bits per heavy atom. The van der Waals surface area contributed by atoms with E-state index in [2.05, 4.69) is 23.3 Å². The zero-order chi connectivity index (χ0) is 13.2. The van der Waals surface area contributed by atoms with Crippen LogP contribution in [0.1, 0.15) is 38.4 Å². The topological polar surface area (TPSA) is 65.8 Å². The Bertz CT molecular complexity index is 472. The van der Waals surface area contributed by atoms with Crippen molar-refractivity contribution in [1.82, 2.24) is 10.3 Å². The lowest BCUT2D eigenvalue weighted by Gasteiger charge is -2.39. The van der Waals surface area contributed by atoms with E-state index in [1.165, 1.54) is 0 Å². The predicted molar refractivity (Wildman–Crippen MR) is 67.2 cm³/mol. The molecule has 0 spiro atoms. The second-order valence-corrected chi connectivity index (χ2v) is 5.16. The van der Waals surface area contributed by atoms with Gasteiger partial charge in [0.2, 0.25) is 5.91 Å². The molecule has 1 aromatic rings. The van der Waals surface area contributed by atoms with Gasteiger partial charge in [-0.05, 0) is 37.8 Å². The summed E-state index contributed by atoms with van der Waals surface area (Å²) in [5.41, 5.74) is -0.00561. The van der Waals surface area contributed by atoms with Crippen LogP contribution >= 0.6 is 0 Å². The van der Waals surface area contributed by atoms with Gasteiger partial charge in [0.05, 0.1) is 17.8 Å². The molecule has 0 bridgehead atoms. The third kappa shape index (κ3) is 2.21. The van der Waals surface area contributed by atoms with Crippen LogP contribution in [0.5, 0.6) is 0 Å². The van der Waals surface area contributed by atoms with E-state index in [0.29, 0.717) is 18.8 Å². The van der Waals surface area contributed by atoms with Crippen molar-refractivity contribution in [2.75, 3.05) is 0 Å². The predicted octanol–water partition coefficient (Wildman–Crippen LogP) is 2.20. The minimum Gasteiger partial charge on any atom is -0.347 e. The molecule has 1 amide bonds. The first-order valence-electron chi connectivity index (χ1n) is 6.20. The number of carbonyl (C=O) groups excluding carboxylic acids is 1. The average Bonchev–Trinajstić information content (AvgIpc) is 2.35. The number of rotatable bonds is 3. The highest BCUT2D eigenvalue weighted by molar-refractivity contribution is 5.86. The van der Waals surface area contributed by atoms with Crippen molar-refractivity contribution in [2.45, 2.75) is 32.7 Å². The Balaban J connectivity index is 2.02. The minimum atomic E-state index is -0.817. The number of nitriles is 1. The summed E-state index contributed by atoms with van der Waals surface area (Å²) in [6.45, 7) is 3.94. The van der Waals surface area contributed by atoms with Gasteiger partial charge >= 0.3 is 0 Å². The van der Waals surface area contributed by atoms with Gasteiger partial charge in [0.15, 0.2) is 0 Å². The highest BCUT2D eigenvalue weighted by atomic mass is 16.2. The third-order valence-corrected chi connectivity index (χ3v) is 3.52. The summed E-state index contributed by atoms with van der Waals surface area (Å²) in [6, 6.07) is 7.59. The maximum atomic E-state index is 12.1. The summed E-state index contributed by atoms with van der Waals surface area (Å²) < 4.78 is 0. The molecular formula is C14H17N3O. The van der Waals surface area contributed by atoms with Crippen LogP contribution in [0.15, 0.2) is 24.4 Å². The van der Waals surface area contributed by atoms with Crippen molar-refractivity contribution < 1.29 is 4.79 Å². The largest absolute Gasteiger partial charge is 0.347 e. The molecule has 1 N–H and O–H groups in total. The van der Waals surface area contributed by atoms with E-state index in [1.54, 1.807) is 6.20 Å². The molecule has 1 aromatic heterocycles. The second kappa shape index (κ2) is 4.77. The standard InChI is InChI=1S/C14H17N3O/c1-10-7-14(8-10,9-15)13(18)17-11(2)12-5-3-4-6-16-12/h3-6,10-11H,7-8H2,1-2H3,(H,17,18). The van der Waals surface area contributed by atoms with Crippen molar-refractivity contribution in [3.63, 3.8) is 0 Å². The van der Waals surface area contributed by atoms with Crippen LogP contribution in [-0.4, -0.2) is 10.9 Å². The van der Waals surface area contributed by atoms with Crippen molar-refractivity contribution in [1.29, 1.82) is 5.26 Å². The number of pyridine rings is 1. The van der Waals surface area contributed by atoms with Crippen LogP contribution < -0.4 is 5.32 Å². The molecule has 2 rings (SSSR count). The number of amides is 1. The Kier molecular flexibility index (Phi) is 3.33. The second-order valence-electron chi connectivity index (χ2n) is 5.16. The highest BCUT2D eigenvalue weighted by Gasteiger charge is 2.49. The van der Waals surface area contributed by atoms with Gasteiger partial charge in [0, 0.05) is 6.20 Å². The van der Waals surface area contributed by atoms with Crippen LogP contribution in [0.3, 0.4) is 0 Å². The molecule has 1 saturated carbocycles. The SMILES string of the molecule is CC1CC(C#N)(C(=O)NC(C)c2ccccn2)C1. The summed E-state index contributed by atoms with van der Waals surface area (Å²) in [7, 11) is 0. The van der Waals surface area contributed by atoms with E-state index < -0.39 is 5.41 Å². The van der Waals surface area contributed by atoms with Crippen molar-refractivity contribution in [3.8, 4) is 6.07 Å². The molecule has 0 saturated heterocycles. The van der Waals surface area contributed by atoms with Gasteiger partial charge in [-0.25, -0.2) is 0 Å². The molecule has 94 valence electrons. The molecule has 1 atom stereocenters. The maximum Gasteiger partial charge on any atom is 0.241 e. The molecule has 0 aliphatic heterocycles. The lowest BCUT2D eigenvalue weighted by molar-refractivity contribution is -0.134. The van der Waals surface area contributed by atoms with Crippen molar-refractivity contribution in [2.24, 2.45) is 11.3 Å². The molecule has 4 heteroatoms. The molecule has 4 nitrogen and oxygen atoms in total. The minimum absolute atomic E-state index is 0.166. The molecule has 0 radical (unpaired) electrons. The molecule has 1 heterocycles. The fraction of sp³-hybridized carbons (Fsp3) is 0.500. The first-order valence-corrected chi connectivity index (χ1v) is 6.20. The molecule has 1 fully saturated rings. The smallest absolute Gasteiger partial charge is 0.241 e. The van der Waals surface area contributed by atoms with Gasteiger partial charge < -0.3 is 5.32 Å². The van der Waals surface area contributed by atoms with Gasteiger partial charge in [-0.3, -0.25) is 9.78 Å². The summed E-state index contributed by atoms with van der Waals surface area (Å²) >= 11 is 0. The third-order valence-electron chi connectivity index (χ3n) is 3.52. The van der Waals surface area contributed by atoms with Crippen LogP contribution in [0.2, 0.25) is 0 Å². The lowest BCUT2D eigenvalue weighted by atomic mass is 9.63. The Morgan fingerprint density at radius 1 is 1.61 bits per heavy atom. The molecule has 1 aliphatic rings. The number of nitrogens with one attached hydrogen (secondary N) is 1. The first-order chi connectivity index (χ1) is 8.57. The average molecular weight is 243 g/mol. The number of carbonyl (C=O) groups is 1. The molecule has 1 unspecified atom stereocenters. The van der Waals surface area contributed by atoms with E-state index in [9.17, 15) is 10.1 Å². The molecular weight excluding hydrogens is 226 g/mol. The first kappa shape index (κ1) is 12.6. The van der Waals surface area contributed by atoms with Gasteiger partial charge in [0.25, 0.3) is 0 Å². The fourth-order valence-electron chi connectivity index (χ4n) is 2.50. The Labute approximate surface area is 107 Å². The molecule has 18 heavy (non-hydrogen) atoms. The molecule has 0 aromatic carbocycles. The van der Waals surface area contributed by atoms with E-state index in [1.807, 2.05) is 25.1 Å². The van der Waals surface area contributed by atoms with Gasteiger partial charge in [-0.1, -0.05) is 13.0 Å². The van der Waals surface area contributed by atoms with Crippen molar-refractivity contribution >= 4 is 5.91 Å². The normalized spacial score (nSPS) is 27.7. The van der Waals surface area contributed by atoms with Crippen LogP contribution in [0.4, 0.5) is 0 Å². The monoisotopic (exact) mass is 243 g/mol. The maximum absolute atomic E-state index is 12.1. The van der Waals surface area contributed by atoms with E-state index in [4.69, 9.17) is 0 Å².